The Hall–Kier alpha value is -3.03. The molecule has 2 aromatic heterocycles. The van der Waals surface area contributed by atoms with Crippen LogP contribution in [0.4, 0.5) is 13.2 Å². The second-order valence-electron chi connectivity index (χ2n) is 6.70. The highest BCUT2D eigenvalue weighted by atomic mass is 19.4. The van der Waals surface area contributed by atoms with Crippen molar-refractivity contribution >= 4 is 5.91 Å². The molecule has 3 aromatic rings. The molecule has 0 atom stereocenters. The lowest BCUT2D eigenvalue weighted by molar-refractivity contribution is -0.137. The number of rotatable bonds is 5. The third-order valence-corrected chi connectivity index (χ3v) is 4.17. The Kier molecular flexibility index (Phi) is 4.82. The molecule has 1 N–H and O–H groups in total. The van der Waals surface area contributed by atoms with E-state index in [2.05, 4.69) is 10.5 Å². The number of nitrogens with zero attached hydrogens (tertiary/aromatic N) is 1. The van der Waals surface area contributed by atoms with E-state index in [1.165, 1.54) is 18.4 Å². The molecule has 142 valence electrons. The number of halogens is 3. The van der Waals surface area contributed by atoms with Crippen LogP contribution in [0.15, 0.2) is 57.7 Å². The van der Waals surface area contributed by atoms with Crippen LogP contribution in [-0.2, 0) is 11.6 Å². The van der Waals surface area contributed by atoms with Gasteiger partial charge in [-0.25, -0.2) is 0 Å². The van der Waals surface area contributed by atoms with Crippen molar-refractivity contribution < 1.29 is 26.9 Å². The molecular formula is C19H17F3N2O3. The Morgan fingerprint density at radius 2 is 1.81 bits per heavy atom. The summed E-state index contributed by atoms with van der Waals surface area (Å²) in [6.45, 7) is 3.62. The van der Waals surface area contributed by atoms with Gasteiger partial charge in [-0.1, -0.05) is 37.2 Å². The van der Waals surface area contributed by atoms with Crippen LogP contribution < -0.4 is 5.32 Å². The van der Waals surface area contributed by atoms with E-state index in [9.17, 15) is 18.0 Å². The molecule has 0 aliphatic rings. The zero-order valence-electron chi connectivity index (χ0n) is 14.6. The molecule has 5 nitrogen and oxygen atoms in total. The monoisotopic (exact) mass is 378 g/mol. The molecule has 27 heavy (non-hydrogen) atoms. The molecule has 0 saturated carbocycles. The summed E-state index contributed by atoms with van der Waals surface area (Å²) in [5.74, 6) is 0.254. The molecule has 2 heterocycles. The zero-order chi connectivity index (χ0) is 19.7. The summed E-state index contributed by atoms with van der Waals surface area (Å²) in [5.41, 5.74) is -0.917. The highest BCUT2D eigenvalue weighted by Gasteiger charge is 2.32. The van der Waals surface area contributed by atoms with E-state index in [1.54, 1.807) is 32.0 Å². The fourth-order valence-corrected chi connectivity index (χ4v) is 2.53. The minimum absolute atomic E-state index is 0.0567. The summed E-state index contributed by atoms with van der Waals surface area (Å²) in [4.78, 5) is 12.3. The summed E-state index contributed by atoms with van der Waals surface area (Å²) >= 11 is 0. The average Bonchev–Trinajstić information content (AvgIpc) is 3.30. The van der Waals surface area contributed by atoms with Gasteiger partial charge < -0.3 is 14.3 Å². The lowest BCUT2D eigenvalue weighted by atomic mass is 9.83. The van der Waals surface area contributed by atoms with Gasteiger partial charge >= 0.3 is 6.18 Å². The van der Waals surface area contributed by atoms with Gasteiger partial charge in [-0.3, -0.25) is 4.79 Å². The van der Waals surface area contributed by atoms with Crippen molar-refractivity contribution in [2.24, 2.45) is 0 Å². The third-order valence-electron chi connectivity index (χ3n) is 4.17. The van der Waals surface area contributed by atoms with Crippen LogP contribution in [0.2, 0.25) is 0 Å². The molecule has 3 rings (SSSR count). The first kappa shape index (κ1) is 18.8. The van der Waals surface area contributed by atoms with Gasteiger partial charge in [0.1, 0.15) is 0 Å². The number of nitrogens with one attached hydrogen (secondary N) is 1. The van der Waals surface area contributed by atoms with Crippen molar-refractivity contribution in [1.82, 2.24) is 10.5 Å². The number of hydrogen-bond acceptors (Lipinski definition) is 4. The molecule has 0 fully saturated rings. The second kappa shape index (κ2) is 6.94. The Morgan fingerprint density at radius 1 is 1.07 bits per heavy atom. The van der Waals surface area contributed by atoms with Crippen molar-refractivity contribution in [3.63, 3.8) is 0 Å². The summed E-state index contributed by atoms with van der Waals surface area (Å²) in [5, 5.41) is 6.38. The van der Waals surface area contributed by atoms with Gasteiger partial charge in [0.2, 0.25) is 5.76 Å². The standard InChI is InChI=1S/C19H17F3N2O3/c1-18(2,12-5-3-6-13(9-12)19(20,21)22)11-23-17(25)14-10-16(27-24-14)15-7-4-8-26-15/h3-10H,11H2,1-2H3,(H,23,25). The molecular weight excluding hydrogens is 361 g/mol. The van der Waals surface area contributed by atoms with E-state index >= 15 is 0 Å². The highest BCUT2D eigenvalue weighted by molar-refractivity contribution is 5.93. The third kappa shape index (κ3) is 4.21. The minimum atomic E-state index is -4.42. The van der Waals surface area contributed by atoms with Crippen molar-refractivity contribution in [2.75, 3.05) is 6.54 Å². The number of alkyl halides is 3. The zero-order valence-corrected chi connectivity index (χ0v) is 14.6. The van der Waals surface area contributed by atoms with Crippen LogP contribution in [-0.4, -0.2) is 17.6 Å². The van der Waals surface area contributed by atoms with Gasteiger partial charge in [0.05, 0.1) is 11.8 Å². The maximum Gasteiger partial charge on any atom is 0.416 e. The minimum Gasteiger partial charge on any atom is -0.461 e. The Bertz CT molecular complexity index is 928. The topological polar surface area (TPSA) is 68.3 Å². The van der Waals surface area contributed by atoms with Crippen LogP contribution in [0.25, 0.3) is 11.5 Å². The predicted molar refractivity (Wildman–Crippen MR) is 91.0 cm³/mol. The molecule has 0 spiro atoms. The summed E-state index contributed by atoms with van der Waals surface area (Å²) in [7, 11) is 0. The normalized spacial score (nSPS) is 12.2. The second-order valence-corrected chi connectivity index (χ2v) is 6.70. The maximum atomic E-state index is 12.9. The summed E-state index contributed by atoms with van der Waals surface area (Å²) in [6, 6.07) is 9.85. The first-order chi connectivity index (χ1) is 12.7. The fraction of sp³-hybridized carbons (Fsp3) is 0.263. The van der Waals surface area contributed by atoms with Gasteiger partial charge in [-0.2, -0.15) is 13.2 Å². The van der Waals surface area contributed by atoms with E-state index in [0.29, 0.717) is 17.1 Å². The Labute approximate surface area is 153 Å². The Balaban J connectivity index is 1.69. The van der Waals surface area contributed by atoms with Crippen molar-refractivity contribution in [1.29, 1.82) is 0 Å². The van der Waals surface area contributed by atoms with Crippen LogP contribution in [0.5, 0.6) is 0 Å². The molecule has 0 aliphatic carbocycles. The number of benzene rings is 1. The van der Waals surface area contributed by atoms with E-state index in [-0.39, 0.29) is 12.2 Å². The molecule has 0 unspecified atom stereocenters. The van der Waals surface area contributed by atoms with Gasteiger partial charge in [-0.15, -0.1) is 0 Å². The molecule has 0 radical (unpaired) electrons. The number of hydrogen-bond donors (Lipinski definition) is 1. The SMILES string of the molecule is CC(C)(CNC(=O)c1cc(-c2ccco2)on1)c1cccc(C(F)(F)F)c1. The van der Waals surface area contributed by atoms with Crippen LogP contribution in [0, 0.1) is 0 Å². The number of carbonyl (C=O) groups is 1. The highest BCUT2D eigenvalue weighted by Crippen LogP contribution is 2.32. The molecule has 1 amide bonds. The maximum absolute atomic E-state index is 12.9. The van der Waals surface area contributed by atoms with Gasteiger partial charge in [0.25, 0.3) is 5.91 Å². The van der Waals surface area contributed by atoms with E-state index in [1.807, 2.05) is 0 Å². The number of furan rings is 1. The van der Waals surface area contributed by atoms with E-state index in [4.69, 9.17) is 8.94 Å². The molecule has 0 bridgehead atoms. The molecule has 0 aliphatic heterocycles. The van der Waals surface area contributed by atoms with Crippen LogP contribution in [0.3, 0.4) is 0 Å². The summed E-state index contributed by atoms with van der Waals surface area (Å²) in [6.07, 6.45) is -2.95. The van der Waals surface area contributed by atoms with Crippen molar-refractivity contribution in [3.8, 4) is 11.5 Å². The van der Waals surface area contributed by atoms with E-state index in [0.717, 1.165) is 12.1 Å². The summed E-state index contributed by atoms with van der Waals surface area (Å²) < 4.78 is 49.0. The number of carbonyl (C=O) groups excluding carboxylic acids is 1. The van der Waals surface area contributed by atoms with Gasteiger partial charge in [0, 0.05) is 18.0 Å². The Morgan fingerprint density at radius 3 is 2.48 bits per heavy atom. The molecule has 8 heteroatoms. The average molecular weight is 378 g/mol. The quantitative estimate of drug-likeness (QED) is 0.701. The van der Waals surface area contributed by atoms with Gasteiger partial charge in [0.15, 0.2) is 11.5 Å². The first-order valence-corrected chi connectivity index (χ1v) is 8.13. The molecule has 0 saturated heterocycles. The number of amides is 1. The first-order valence-electron chi connectivity index (χ1n) is 8.13. The molecule has 1 aromatic carbocycles. The lowest BCUT2D eigenvalue weighted by Crippen LogP contribution is -2.37. The van der Waals surface area contributed by atoms with Crippen LogP contribution in [0.1, 0.15) is 35.5 Å². The largest absolute Gasteiger partial charge is 0.461 e. The van der Waals surface area contributed by atoms with Crippen LogP contribution >= 0.6 is 0 Å². The number of aromatic nitrogens is 1. The predicted octanol–water partition coefficient (Wildman–Crippen LogP) is 4.66. The lowest BCUT2D eigenvalue weighted by Gasteiger charge is -2.26. The fourth-order valence-electron chi connectivity index (χ4n) is 2.53. The van der Waals surface area contributed by atoms with E-state index < -0.39 is 23.1 Å². The van der Waals surface area contributed by atoms with Crippen molar-refractivity contribution in [2.45, 2.75) is 25.4 Å². The van der Waals surface area contributed by atoms with Crippen molar-refractivity contribution in [3.05, 3.63) is 65.5 Å². The van der Waals surface area contributed by atoms with Gasteiger partial charge in [-0.05, 0) is 23.8 Å². The smallest absolute Gasteiger partial charge is 0.416 e.